The van der Waals surface area contributed by atoms with Crippen molar-refractivity contribution in [1.29, 1.82) is 0 Å². The number of carboxylic acids is 1. The molecule has 0 unspecified atom stereocenters. The number of nitrogen functional groups attached to an aromatic ring is 1. The first-order chi connectivity index (χ1) is 14.2. The van der Waals surface area contributed by atoms with Crippen molar-refractivity contribution in [1.82, 2.24) is 30.1 Å². The maximum absolute atomic E-state index is 10.6. The average molecular weight is 421 g/mol. The molecule has 0 atom stereocenters. The highest BCUT2D eigenvalue weighted by molar-refractivity contribution is 5.85. The topological polar surface area (TPSA) is 146 Å². The maximum Gasteiger partial charge on any atom is 0.490 e. The fraction of sp³-hybridized carbons (Fsp3) is 0.176. The molecule has 0 saturated carbocycles. The molecule has 3 N–H and O–H groups in total. The molecular weight excluding hydrogens is 407 g/mol. The molecule has 0 spiro atoms. The third kappa shape index (κ3) is 4.51. The van der Waals surface area contributed by atoms with E-state index < -0.39 is 12.1 Å². The Morgan fingerprint density at radius 1 is 1.30 bits per heavy atom. The number of aryl methyl sites for hydroxylation is 1. The zero-order chi connectivity index (χ0) is 21.9. The molecule has 4 heterocycles. The van der Waals surface area contributed by atoms with Gasteiger partial charge in [0.2, 0.25) is 5.65 Å². The molecule has 156 valence electrons. The third-order valence-electron chi connectivity index (χ3n) is 3.93. The zero-order valence-electron chi connectivity index (χ0n) is 15.3. The number of aliphatic carboxylic acids is 1. The third-order valence-corrected chi connectivity index (χ3v) is 3.93. The molecule has 13 heteroatoms. The van der Waals surface area contributed by atoms with Gasteiger partial charge in [-0.3, -0.25) is 0 Å². The Kier molecular flexibility index (Phi) is 5.62. The highest BCUT2D eigenvalue weighted by Gasteiger charge is 2.38. The van der Waals surface area contributed by atoms with Crippen molar-refractivity contribution in [2.45, 2.75) is 19.5 Å². The zero-order valence-corrected chi connectivity index (χ0v) is 15.3. The lowest BCUT2D eigenvalue weighted by Crippen LogP contribution is -2.21. The Bertz CT molecular complexity index is 1160. The van der Waals surface area contributed by atoms with E-state index in [2.05, 4.69) is 25.4 Å². The number of nitrogens with two attached hydrogens (primary N) is 1. The Labute approximate surface area is 166 Å². The van der Waals surface area contributed by atoms with Crippen LogP contribution in [0.3, 0.4) is 0 Å². The van der Waals surface area contributed by atoms with Gasteiger partial charge >= 0.3 is 12.1 Å². The smallest absolute Gasteiger partial charge is 0.475 e. The number of aromatic nitrogens is 6. The van der Waals surface area contributed by atoms with E-state index >= 15 is 0 Å². The van der Waals surface area contributed by atoms with Gasteiger partial charge in [-0.05, 0) is 34.9 Å². The van der Waals surface area contributed by atoms with E-state index in [1.165, 1.54) is 0 Å². The van der Waals surface area contributed by atoms with Gasteiger partial charge in [-0.1, -0.05) is 6.07 Å². The number of alkyl halides is 3. The number of fused-ring (bicyclic) bond motifs is 1. The van der Waals surface area contributed by atoms with Crippen molar-refractivity contribution in [3.05, 3.63) is 53.6 Å². The summed E-state index contributed by atoms with van der Waals surface area (Å²) in [6.07, 6.45) is 0.896. The van der Waals surface area contributed by atoms with Crippen molar-refractivity contribution >= 4 is 22.8 Å². The van der Waals surface area contributed by atoms with Gasteiger partial charge in [0.1, 0.15) is 0 Å². The Morgan fingerprint density at radius 3 is 2.60 bits per heavy atom. The van der Waals surface area contributed by atoms with E-state index in [9.17, 15) is 13.2 Å². The van der Waals surface area contributed by atoms with Crippen molar-refractivity contribution in [2.24, 2.45) is 0 Å². The van der Waals surface area contributed by atoms with Crippen molar-refractivity contribution in [2.75, 3.05) is 5.73 Å². The summed E-state index contributed by atoms with van der Waals surface area (Å²) in [4.78, 5) is 17.7. The van der Waals surface area contributed by atoms with Crippen molar-refractivity contribution < 1.29 is 27.7 Å². The molecule has 10 nitrogen and oxygen atoms in total. The lowest BCUT2D eigenvalue weighted by atomic mass is 10.0. The van der Waals surface area contributed by atoms with E-state index in [1.54, 1.807) is 17.1 Å². The van der Waals surface area contributed by atoms with Gasteiger partial charge in [0.25, 0.3) is 0 Å². The van der Waals surface area contributed by atoms with Crippen LogP contribution in [-0.2, 0) is 11.2 Å². The predicted octanol–water partition coefficient (Wildman–Crippen LogP) is 2.31. The van der Waals surface area contributed by atoms with Crippen LogP contribution in [0.5, 0.6) is 0 Å². The summed E-state index contributed by atoms with van der Waals surface area (Å²) in [6.45, 7) is 1.89. The van der Waals surface area contributed by atoms with Crippen LogP contribution < -0.4 is 5.73 Å². The molecule has 0 saturated heterocycles. The van der Waals surface area contributed by atoms with Crippen LogP contribution in [0.25, 0.3) is 17.0 Å². The molecule has 0 radical (unpaired) electrons. The monoisotopic (exact) mass is 421 g/mol. The number of pyridine rings is 2. The van der Waals surface area contributed by atoms with Crippen LogP contribution in [0.15, 0.2) is 41.4 Å². The van der Waals surface area contributed by atoms with Crippen LogP contribution in [0.1, 0.15) is 16.8 Å². The lowest BCUT2D eigenvalue weighted by molar-refractivity contribution is -0.192. The van der Waals surface area contributed by atoms with Gasteiger partial charge in [0.05, 0.1) is 5.69 Å². The van der Waals surface area contributed by atoms with E-state index in [1.807, 2.05) is 31.3 Å². The van der Waals surface area contributed by atoms with Crippen LogP contribution in [-0.4, -0.2) is 47.3 Å². The molecule has 4 aromatic heterocycles. The Hall–Kier alpha value is -4.03. The van der Waals surface area contributed by atoms with Gasteiger partial charge in [0, 0.05) is 36.3 Å². The fourth-order valence-corrected chi connectivity index (χ4v) is 2.48. The number of rotatable bonds is 3. The molecule has 0 bridgehead atoms. The number of hydrogen-bond acceptors (Lipinski definition) is 8. The standard InChI is InChI=1S/C15H13N7O.C2HF3O2/c1-9-11(13(16)14-15(19-9)21-23-20-14)7-10-3-4-12(17-8-10)22-6-2-5-18-22;3-2(4,5)1(6)7/h2-6,8H,7,16H2,1H3;(H,6,7). The Balaban J connectivity index is 0.000000318. The minimum Gasteiger partial charge on any atom is -0.475 e. The molecular formula is C17H14F3N7O3. The van der Waals surface area contributed by atoms with Gasteiger partial charge in [0.15, 0.2) is 11.3 Å². The molecule has 0 fully saturated rings. The van der Waals surface area contributed by atoms with E-state index in [0.29, 0.717) is 23.3 Å². The van der Waals surface area contributed by atoms with Crippen LogP contribution in [0.2, 0.25) is 0 Å². The first-order valence-electron chi connectivity index (χ1n) is 8.29. The summed E-state index contributed by atoms with van der Waals surface area (Å²) in [6, 6.07) is 5.76. The SMILES string of the molecule is Cc1nc2nonc2c(N)c1Cc1ccc(-n2cccn2)nc1.O=C(O)C(F)(F)F. The van der Waals surface area contributed by atoms with E-state index in [4.69, 9.17) is 20.3 Å². The molecule has 0 aliphatic carbocycles. The molecule has 30 heavy (non-hydrogen) atoms. The largest absolute Gasteiger partial charge is 0.490 e. The Morgan fingerprint density at radius 2 is 2.03 bits per heavy atom. The lowest BCUT2D eigenvalue weighted by Gasteiger charge is -2.09. The van der Waals surface area contributed by atoms with Gasteiger partial charge in [-0.15, -0.1) is 0 Å². The summed E-state index contributed by atoms with van der Waals surface area (Å²) in [5, 5.41) is 18.8. The first-order valence-corrected chi connectivity index (χ1v) is 8.29. The number of anilines is 1. The summed E-state index contributed by atoms with van der Waals surface area (Å²) in [7, 11) is 0. The number of hydrogen-bond donors (Lipinski definition) is 2. The van der Waals surface area contributed by atoms with Crippen LogP contribution in [0.4, 0.5) is 18.9 Å². The molecule has 0 aliphatic rings. The van der Waals surface area contributed by atoms with E-state index in [0.717, 1.165) is 22.6 Å². The fourth-order valence-electron chi connectivity index (χ4n) is 2.48. The quantitative estimate of drug-likeness (QED) is 0.509. The highest BCUT2D eigenvalue weighted by Crippen LogP contribution is 2.25. The van der Waals surface area contributed by atoms with Gasteiger partial charge < -0.3 is 10.8 Å². The van der Waals surface area contributed by atoms with Gasteiger partial charge in [-0.25, -0.2) is 24.1 Å². The maximum atomic E-state index is 10.6. The van der Waals surface area contributed by atoms with Crippen molar-refractivity contribution in [3.63, 3.8) is 0 Å². The second-order valence-corrected chi connectivity index (χ2v) is 5.98. The number of carbonyl (C=O) groups is 1. The average Bonchev–Trinajstić information content (AvgIpc) is 3.37. The molecule has 4 rings (SSSR count). The molecule has 0 amide bonds. The molecule has 0 aliphatic heterocycles. The van der Waals surface area contributed by atoms with Crippen LogP contribution in [0, 0.1) is 6.92 Å². The predicted molar refractivity (Wildman–Crippen MR) is 96.6 cm³/mol. The minimum absolute atomic E-state index is 0.427. The minimum atomic E-state index is -5.08. The van der Waals surface area contributed by atoms with E-state index in [-0.39, 0.29) is 0 Å². The number of carboxylic acid groups (broad SMARTS) is 1. The normalized spacial score (nSPS) is 11.2. The number of nitrogens with zero attached hydrogens (tertiary/aromatic N) is 6. The second kappa shape index (κ2) is 8.14. The van der Waals surface area contributed by atoms with Crippen LogP contribution >= 0.6 is 0 Å². The summed E-state index contributed by atoms with van der Waals surface area (Å²) < 4.78 is 38.1. The first kappa shape index (κ1) is 20.7. The molecule has 4 aromatic rings. The summed E-state index contributed by atoms with van der Waals surface area (Å²) in [5.74, 6) is -2.00. The second-order valence-electron chi connectivity index (χ2n) is 5.98. The van der Waals surface area contributed by atoms with Gasteiger partial charge in [-0.2, -0.15) is 18.3 Å². The highest BCUT2D eigenvalue weighted by atomic mass is 19.4. The molecule has 0 aromatic carbocycles. The summed E-state index contributed by atoms with van der Waals surface area (Å²) >= 11 is 0. The van der Waals surface area contributed by atoms with Crippen molar-refractivity contribution in [3.8, 4) is 5.82 Å². The summed E-state index contributed by atoms with van der Waals surface area (Å²) in [5.41, 5.74) is 10.4. The number of halogens is 3.